The zero-order valence-electron chi connectivity index (χ0n) is 11.0. The molecule has 106 valence electrons. The smallest absolute Gasteiger partial charge is 0.147 e. The lowest BCUT2D eigenvalue weighted by atomic mass is 10.2. The predicted molar refractivity (Wildman–Crippen MR) is 87.0 cm³/mol. The van der Waals surface area contributed by atoms with Gasteiger partial charge in [0.2, 0.25) is 0 Å². The van der Waals surface area contributed by atoms with E-state index in [1.165, 1.54) is 18.6 Å². The third-order valence-corrected chi connectivity index (χ3v) is 4.97. The average Bonchev–Trinajstić information content (AvgIpc) is 2.90. The zero-order valence-corrected chi connectivity index (χ0v) is 13.3. The highest BCUT2D eigenvalue weighted by atomic mass is 35.5. The van der Waals surface area contributed by atoms with Crippen molar-refractivity contribution in [1.29, 1.82) is 0 Å². The van der Waals surface area contributed by atoms with Crippen LogP contribution in [0, 0.1) is 0 Å². The first kappa shape index (κ1) is 15.1. The number of halogens is 2. The summed E-state index contributed by atoms with van der Waals surface area (Å²) in [5.74, 6) is 2.68. The second kappa shape index (κ2) is 7.46. The van der Waals surface area contributed by atoms with Crippen LogP contribution in [0.4, 0.5) is 11.6 Å². The van der Waals surface area contributed by atoms with E-state index >= 15 is 0 Å². The zero-order chi connectivity index (χ0) is 13.7. The van der Waals surface area contributed by atoms with Gasteiger partial charge in [-0.1, -0.05) is 30.1 Å². The lowest BCUT2D eigenvalue weighted by molar-refractivity contribution is 0.803. The van der Waals surface area contributed by atoms with Crippen LogP contribution in [0.15, 0.2) is 6.07 Å². The number of anilines is 2. The Balaban J connectivity index is 2.01. The third-order valence-electron chi connectivity index (χ3n) is 2.99. The van der Waals surface area contributed by atoms with Gasteiger partial charge in [-0.05, 0) is 31.1 Å². The Labute approximate surface area is 128 Å². The average molecular weight is 320 g/mol. The molecular formula is C13H19Cl2N3S. The van der Waals surface area contributed by atoms with E-state index in [0.717, 1.165) is 25.3 Å². The van der Waals surface area contributed by atoms with Gasteiger partial charge < -0.3 is 10.6 Å². The molecule has 1 aliphatic heterocycles. The molecule has 0 aliphatic carbocycles. The standard InChI is InChI=1S/C13H19Cl2N3S/c1-2-5-16-12-10(14)7-11(15)13(18-12)17-8-9-4-3-6-19-9/h7,9H,2-6,8H2,1H3,(H2,16,17,18). The molecule has 1 aromatic rings. The number of pyridine rings is 1. The van der Waals surface area contributed by atoms with Crippen molar-refractivity contribution in [2.24, 2.45) is 0 Å². The maximum absolute atomic E-state index is 6.18. The molecule has 1 aromatic heterocycles. The van der Waals surface area contributed by atoms with Crippen LogP contribution in [0.1, 0.15) is 26.2 Å². The van der Waals surface area contributed by atoms with Crippen molar-refractivity contribution < 1.29 is 0 Å². The maximum Gasteiger partial charge on any atom is 0.147 e. The van der Waals surface area contributed by atoms with Gasteiger partial charge in [0, 0.05) is 18.3 Å². The number of rotatable bonds is 6. The van der Waals surface area contributed by atoms with Crippen molar-refractivity contribution in [3.8, 4) is 0 Å². The van der Waals surface area contributed by atoms with Crippen LogP contribution in [0.25, 0.3) is 0 Å². The lowest BCUT2D eigenvalue weighted by Gasteiger charge is -2.14. The molecule has 3 nitrogen and oxygen atoms in total. The van der Waals surface area contributed by atoms with E-state index in [1.54, 1.807) is 6.07 Å². The van der Waals surface area contributed by atoms with Crippen molar-refractivity contribution >= 4 is 46.6 Å². The van der Waals surface area contributed by atoms with E-state index in [4.69, 9.17) is 23.2 Å². The minimum Gasteiger partial charge on any atom is -0.369 e. The summed E-state index contributed by atoms with van der Waals surface area (Å²) in [6.07, 6.45) is 3.61. The minimum atomic E-state index is 0.569. The van der Waals surface area contributed by atoms with Gasteiger partial charge in [0.15, 0.2) is 0 Å². The number of hydrogen-bond donors (Lipinski definition) is 2. The molecule has 0 aromatic carbocycles. The lowest BCUT2D eigenvalue weighted by Crippen LogP contribution is -2.15. The van der Waals surface area contributed by atoms with Crippen LogP contribution in [-0.4, -0.2) is 29.1 Å². The Hall–Kier alpha value is -0.320. The molecule has 1 aliphatic rings. The summed E-state index contributed by atoms with van der Waals surface area (Å²) in [6, 6.07) is 1.75. The topological polar surface area (TPSA) is 37.0 Å². The molecule has 0 amide bonds. The summed E-state index contributed by atoms with van der Waals surface area (Å²) in [5.41, 5.74) is 0. The molecule has 1 fully saturated rings. The highest BCUT2D eigenvalue weighted by Gasteiger charge is 2.16. The number of hydrogen-bond acceptors (Lipinski definition) is 4. The van der Waals surface area contributed by atoms with E-state index in [9.17, 15) is 0 Å². The first-order chi connectivity index (χ1) is 9.20. The van der Waals surface area contributed by atoms with Gasteiger partial charge in [0.1, 0.15) is 11.6 Å². The monoisotopic (exact) mass is 319 g/mol. The summed E-state index contributed by atoms with van der Waals surface area (Å²) in [6.45, 7) is 3.87. The van der Waals surface area contributed by atoms with Crippen LogP contribution in [0.3, 0.4) is 0 Å². The van der Waals surface area contributed by atoms with E-state index in [2.05, 4.69) is 22.5 Å². The summed E-state index contributed by atoms with van der Waals surface area (Å²) in [7, 11) is 0. The molecule has 2 heterocycles. The Morgan fingerprint density at radius 1 is 1.32 bits per heavy atom. The van der Waals surface area contributed by atoms with Crippen molar-refractivity contribution in [1.82, 2.24) is 4.98 Å². The quantitative estimate of drug-likeness (QED) is 0.808. The molecule has 6 heteroatoms. The second-order valence-electron chi connectivity index (χ2n) is 4.59. The summed E-state index contributed by atoms with van der Waals surface area (Å²) >= 11 is 14.3. The fourth-order valence-electron chi connectivity index (χ4n) is 1.97. The van der Waals surface area contributed by atoms with E-state index in [-0.39, 0.29) is 0 Å². The van der Waals surface area contributed by atoms with E-state index in [0.29, 0.717) is 21.1 Å². The predicted octanol–water partition coefficient (Wildman–Crippen LogP) is 4.52. The molecule has 2 rings (SSSR count). The molecule has 2 N–H and O–H groups in total. The molecule has 1 unspecified atom stereocenters. The van der Waals surface area contributed by atoms with Gasteiger partial charge in [-0.3, -0.25) is 0 Å². The number of thioether (sulfide) groups is 1. The van der Waals surface area contributed by atoms with Crippen LogP contribution in [0.5, 0.6) is 0 Å². The number of nitrogens with one attached hydrogen (secondary N) is 2. The maximum atomic E-state index is 6.18. The third kappa shape index (κ3) is 4.33. The molecule has 0 spiro atoms. The molecule has 19 heavy (non-hydrogen) atoms. The van der Waals surface area contributed by atoms with Gasteiger partial charge >= 0.3 is 0 Å². The highest BCUT2D eigenvalue weighted by molar-refractivity contribution is 8.00. The Bertz CT molecular complexity index is 423. The minimum absolute atomic E-state index is 0.569. The Morgan fingerprint density at radius 2 is 2.05 bits per heavy atom. The first-order valence-corrected chi connectivity index (χ1v) is 8.46. The molecule has 0 radical (unpaired) electrons. The SMILES string of the molecule is CCCNc1nc(NCC2CCCS2)c(Cl)cc1Cl. The second-order valence-corrected chi connectivity index (χ2v) is 6.81. The van der Waals surface area contributed by atoms with Gasteiger partial charge in [-0.25, -0.2) is 4.98 Å². The largest absolute Gasteiger partial charge is 0.369 e. The normalized spacial score (nSPS) is 18.6. The van der Waals surface area contributed by atoms with Gasteiger partial charge in [0.05, 0.1) is 10.0 Å². The molecule has 1 atom stereocenters. The molecule has 0 bridgehead atoms. The van der Waals surface area contributed by atoms with Crippen LogP contribution < -0.4 is 10.6 Å². The van der Waals surface area contributed by atoms with Gasteiger partial charge in [0.25, 0.3) is 0 Å². The Kier molecular flexibility index (Phi) is 5.92. The fraction of sp³-hybridized carbons (Fsp3) is 0.615. The first-order valence-electron chi connectivity index (χ1n) is 6.66. The summed E-state index contributed by atoms with van der Waals surface area (Å²) in [4.78, 5) is 4.47. The van der Waals surface area contributed by atoms with Crippen molar-refractivity contribution in [3.63, 3.8) is 0 Å². The van der Waals surface area contributed by atoms with Gasteiger partial charge in [-0.2, -0.15) is 11.8 Å². The molecular weight excluding hydrogens is 301 g/mol. The highest BCUT2D eigenvalue weighted by Crippen LogP contribution is 2.31. The van der Waals surface area contributed by atoms with Crippen molar-refractivity contribution in [3.05, 3.63) is 16.1 Å². The summed E-state index contributed by atoms with van der Waals surface area (Å²) < 4.78 is 0. The van der Waals surface area contributed by atoms with Crippen LogP contribution >= 0.6 is 35.0 Å². The summed E-state index contributed by atoms with van der Waals surface area (Å²) in [5, 5.41) is 8.36. The molecule has 0 saturated carbocycles. The van der Waals surface area contributed by atoms with Gasteiger partial charge in [-0.15, -0.1) is 0 Å². The molecule has 1 saturated heterocycles. The van der Waals surface area contributed by atoms with Crippen molar-refractivity contribution in [2.45, 2.75) is 31.4 Å². The van der Waals surface area contributed by atoms with Crippen LogP contribution in [0.2, 0.25) is 10.0 Å². The number of nitrogens with zero attached hydrogens (tertiary/aromatic N) is 1. The Morgan fingerprint density at radius 3 is 2.68 bits per heavy atom. The van der Waals surface area contributed by atoms with E-state index in [1.807, 2.05) is 11.8 Å². The van der Waals surface area contributed by atoms with E-state index < -0.39 is 0 Å². The van der Waals surface area contributed by atoms with Crippen molar-refractivity contribution in [2.75, 3.05) is 29.5 Å². The number of aromatic nitrogens is 1. The fourth-order valence-corrected chi connectivity index (χ4v) is 3.67. The van der Waals surface area contributed by atoms with Crippen LogP contribution in [-0.2, 0) is 0 Å².